The highest BCUT2D eigenvalue weighted by molar-refractivity contribution is 4.84. The highest BCUT2D eigenvalue weighted by Gasteiger charge is 2.26. The molecule has 0 radical (unpaired) electrons. The van der Waals surface area contributed by atoms with Crippen LogP contribution in [-0.4, -0.2) is 30.6 Å². The molecule has 0 spiro atoms. The Hall–Kier alpha value is -0.0800. The molecule has 17 heavy (non-hydrogen) atoms. The smallest absolute Gasteiger partial charge is 0.0244 e. The van der Waals surface area contributed by atoms with Gasteiger partial charge in [-0.2, -0.15) is 0 Å². The van der Waals surface area contributed by atoms with Crippen molar-refractivity contribution in [3.05, 3.63) is 0 Å². The van der Waals surface area contributed by atoms with Crippen LogP contribution in [0.4, 0.5) is 0 Å². The number of rotatable bonds is 3. The molecule has 2 fully saturated rings. The third-order valence-electron chi connectivity index (χ3n) is 4.87. The Bertz CT molecular complexity index is 211. The van der Waals surface area contributed by atoms with E-state index in [0.29, 0.717) is 12.1 Å². The van der Waals surface area contributed by atoms with Crippen molar-refractivity contribution in [2.75, 3.05) is 13.6 Å². The molecule has 0 aromatic heterocycles. The SMILES string of the molecule is CN(CC1CCCCC1)C1CCCCCC1N. The van der Waals surface area contributed by atoms with Crippen LogP contribution in [0.1, 0.15) is 64.2 Å². The van der Waals surface area contributed by atoms with Crippen molar-refractivity contribution in [1.82, 2.24) is 4.90 Å². The lowest BCUT2D eigenvalue weighted by Crippen LogP contribution is -2.47. The summed E-state index contributed by atoms with van der Waals surface area (Å²) in [5.41, 5.74) is 6.34. The van der Waals surface area contributed by atoms with Crippen LogP contribution in [0.5, 0.6) is 0 Å². The van der Waals surface area contributed by atoms with Crippen LogP contribution < -0.4 is 5.73 Å². The molecule has 2 aliphatic rings. The number of likely N-dealkylation sites (N-methyl/N-ethyl adjacent to an activating group) is 1. The molecule has 2 aliphatic carbocycles. The minimum absolute atomic E-state index is 0.422. The van der Waals surface area contributed by atoms with Gasteiger partial charge in [0, 0.05) is 18.6 Å². The van der Waals surface area contributed by atoms with Gasteiger partial charge in [-0.25, -0.2) is 0 Å². The van der Waals surface area contributed by atoms with Gasteiger partial charge in [0.1, 0.15) is 0 Å². The topological polar surface area (TPSA) is 29.3 Å². The van der Waals surface area contributed by atoms with E-state index < -0.39 is 0 Å². The Balaban J connectivity index is 1.81. The first kappa shape index (κ1) is 13.4. The summed E-state index contributed by atoms with van der Waals surface area (Å²) < 4.78 is 0. The van der Waals surface area contributed by atoms with Gasteiger partial charge in [-0.3, -0.25) is 0 Å². The Kier molecular flexibility index (Phi) is 5.30. The van der Waals surface area contributed by atoms with E-state index in [4.69, 9.17) is 5.73 Å². The lowest BCUT2D eigenvalue weighted by molar-refractivity contribution is 0.156. The molecule has 0 saturated heterocycles. The standard InChI is InChI=1S/C15H30N2/c1-17(12-13-8-4-2-5-9-13)15-11-7-3-6-10-14(15)16/h13-15H,2-12,16H2,1H3. The number of nitrogens with two attached hydrogens (primary N) is 1. The van der Waals surface area contributed by atoms with E-state index in [2.05, 4.69) is 11.9 Å². The first-order valence-electron chi connectivity index (χ1n) is 7.73. The Morgan fingerprint density at radius 2 is 1.47 bits per heavy atom. The molecule has 2 unspecified atom stereocenters. The summed E-state index contributed by atoms with van der Waals surface area (Å²) in [6, 6.07) is 1.07. The van der Waals surface area contributed by atoms with Crippen molar-refractivity contribution in [1.29, 1.82) is 0 Å². The summed E-state index contributed by atoms with van der Waals surface area (Å²) >= 11 is 0. The number of hydrogen-bond acceptors (Lipinski definition) is 2. The van der Waals surface area contributed by atoms with E-state index in [-0.39, 0.29) is 0 Å². The minimum atomic E-state index is 0.422. The zero-order valence-corrected chi connectivity index (χ0v) is 11.5. The van der Waals surface area contributed by atoms with Crippen LogP contribution in [0.15, 0.2) is 0 Å². The van der Waals surface area contributed by atoms with Crippen LogP contribution in [-0.2, 0) is 0 Å². The molecule has 0 heterocycles. The van der Waals surface area contributed by atoms with E-state index in [9.17, 15) is 0 Å². The summed E-state index contributed by atoms with van der Waals surface area (Å²) in [5.74, 6) is 0.948. The van der Waals surface area contributed by atoms with Gasteiger partial charge >= 0.3 is 0 Å². The first-order chi connectivity index (χ1) is 8.27. The maximum atomic E-state index is 6.34. The van der Waals surface area contributed by atoms with Crippen molar-refractivity contribution < 1.29 is 0 Å². The zero-order valence-electron chi connectivity index (χ0n) is 11.5. The third kappa shape index (κ3) is 3.96. The summed E-state index contributed by atoms with van der Waals surface area (Å²) in [6.07, 6.45) is 13.9. The summed E-state index contributed by atoms with van der Waals surface area (Å²) in [5, 5.41) is 0. The normalized spacial score (nSPS) is 32.6. The molecule has 2 N–H and O–H groups in total. The summed E-state index contributed by atoms with van der Waals surface area (Å²) in [6.45, 7) is 1.29. The van der Waals surface area contributed by atoms with Crippen LogP contribution in [0.3, 0.4) is 0 Å². The third-order valence-corrected chi connectivity index (χ3v) is 4.87. The van der Waals surface area contributed by atoms with E-state index in [1.165, 1.54) is 70.8 Å². The molecule has 0 aromatic carbocycles. The van der Waals surface area contributed by atoms with Crippen LogP contribution >= 0.6 is 0 Å². The van der Waals surface area contributed by atoms with Gasteiger partial charge < -0.3 is 10.6 Å². The molecule has 0 bridgehead atoms. The van der Waals surface area contributed by atoms with Crippen molar-refractivity contribution in [3.63, 3.8) is 0 Å². The highest BCUT2D eigenvalue weighted by atomic mass is 15.1. The molecule has 2 atom stereocenters. The largest absolute Gasteiger partial charge is 0.326 e. The Morgan fingerprint density at radius 1 is 0.882 bits per heavy atom. The van der Waals surface area contributed by atoms with Crippen molar-refractivity contribution >= 4 is 0 Å². The van der Waals surface area contributed by atoms with Crippen LogP contribution in [0.25, 0.3) is 0 Å². The van der Waals surface area contributed by atoms with Gasteiger partial charge in [-0.05, 0) is 38.6 Å². The molecule has 2 saturated carbocycles. The van der Waals surface area contributed by atoms with Gasteiger partial charge in [0.2, 0.25) is 0 Å². The summed E-state index contributed by atoms with van der Waals surface area (Å²) in [7, 11) is 2.31. The molecular weight excluding hydrogens is 208 g/mol. The van der Waals surface area contributed by atoms with Gasteiger partial charge in [-0.15, -0.1) is 0 Å². The van der Waals surface area contributed by atoms with Gasteiger partial charge in [-0.1, -0.05) is 38.5 Å². The number of nitrogens with zero attached hydrogens (tertiary/aromatic N) is 1. The fraction of sp³-hybridized carbons (Fsp3) is 1.00. The van der Waals surface area contributed by atoms with Crippen molar-refractivity contribution in [3.8, 4) is 0 Å². The van der Waals surface area contributed by atoms with Crippen LogP contribution in [0.2, 0.25) is 0 Å². The lowest BCUT2D eigenvalue weighted by atomic mass is 9.88. The molecule has 100 valence electrons. The van der Waals surface area contributed by atoms with E-state index in [0.717, 1.165) is 5.92 Å². The predicted octanol–water partition coefficient (Wildman–Crippen LogP) is 3.16. The minimum Gasteiger partial charge on any atom is -0.326 e. The average molecular weight is 238 g/mol. The molecule has 2 heteroatoms. The quantitative estimate of drug-likeness (QED) is 0.765. The van der Waals surface area contributed by atoms with E-state index >= 15 is 0 Å². The summed E-state index contributed by atoms with van der Waals surface area (Å²) in [4.78, 5) is 2.59. The monoisotopic (exact) mass is 238 g/mol. The second-order valence-electron chi connectivity index (χ2n) is 6.31. The average Bonchev–Trinajstić information content (AvgIpc) is 2.55. The molecule has 2 rings (SSSR count). The molecular formula is C15H30N2. The highest BCUT2D eigenvalue weighted by Crippen LogP contribution is 2.27. The Morgan fingerprint density at radius 3 is 2.18 bits per heavy atom. The zero-order chi connectivity index (χ0) is 12.1. The van der Waals surface area contributed by atoms with Crippen molar-refractivity contribution in [2.45, 2.75) is 76.3 Å². The number of hydrogen-bond donors (Lipinski definition) is 1. The van der Waals surface area contributed by atoms with E-state index in [1.54, 1.807) is 0 Å². The van der Waals surface area contributed by atoms with Gasteiger partial charge in [0.15, 0.2) is 0 Å². The lowest BCUT2D eigenvalue weighted by Gasteiger charge is -2.35. The predicted molar refractivity (Wildman–Crippen MR) is 74.1 cm³/mol. The van der Waals surface area contributed by atoms with E-state index in [1.807, 2.05) is 0 Å². The van der Waals surface area contributed by atoms with Crippen molar-refractivity contribution in [2.24, 2.45) is 11.7 Å². The maximum Gasteiger partial charge on any atom is 0.0244 e. The van der Waals surface area contributed by atoms with Gasteiger partial charge in [0.05, 0.1) is 0 Å². The molecule has 2 nitrogen and oxygen atoms in total. The Labute approximate surface area is 107 Å². The fourth-order valence-corrected chi connectivity index (χ4v) is 3.78. The van der Waals surface area contributed by atoms with Crippen LogP contribution in [0, 0.1) is 5.92 Å². The fourth-order valence-electron chi connectivity index (χ4n) is 3.78. The maximum absolute atomic E-state index is 6.34. The molecule has 0 aliphatic heterocycles. The molecule has 0 aromatic rings. The van der Waals surface area contributed by atoms with Gasteiger partial charge in [0.25, 0.3) is 0 Å². The second kappa shape index (κ2) is 6.75. The molecule has 0 amide bonds. The second-order valence-corrected chi connectivity index (χ2v) is 6.31. The first-order valence-corrected chi connectivity index (χ1v) is 7.73.